The Hall–Kier alpha value is -2.13. The molecule has 28 heavy (non-hydrogen) atoms. The van der Waals surface area contributed by atoms with Crippen molar-refractivity contribution in [3.63, 3.8) is 0 Å². The molecule has 0 radical (unpaired) electrons. The first-order valence-electron chi connectivity index (χ1n) is 9.32. The van der Waals surface area contributed by atoms with Gasteiger partial charge in [0, 0.05) is 24.7 Å². The summed E-state index contributed by atoms with van der Waals surface area (Å²) in [5.74, 6) is -0.0356. The number of nitrogens with zero attached hydrogens (tertiary/aromatic N) is 1. The van der Waals surface area contributed by atoms with E-state index in [0.717, 1.165) is 0 Å². The number of piperidine rings is 1. The Labute approximate surface area is 166 Å². The number of carbonyl (C=O) groups excluding carboxylic acids is 2. The third-order valence-electron chi connectivity index (χ3n) is 4.86. The van der Waals surface area contributed by atoms with Crippen LogP contribution in [0.15, 0.2) is 24.3 Å². The van der Waals surface area contributed by atoms with E-state index in [1.54, 1.807) is 31.4 Å². The maximum absolute atomic E-state index is 12.7. The molecule has 1 aromatic rings. The topological polar surface area (TPSA) is 105 Å². The zero-order valence-electron chi connectivity index (χ0n) is 16.8. The highest BCUT2D eigenvalue weighted by atomic mass is 32.2. The highest BCUT2D eigenvalue weighted by molar-refractivity contribution is 7.88. The van der Waals surface area contributed by atoms with Gasteiger partial charge in [0.15, 0.2) is 0 Å². The van der Waals surface area contributed by atoms with Gasteiger partial charge in [-0.05, 0) is 43.0 Å². The van der Waals surface area contributed by atoms with Crippen molar-refractivity contribution < 1.29 is 22.7 Å². The minimum absolute atomic E-state index is 0.0988. The normalized spacial score (nSPS) is 17.2. The minimum atomic E-state index is -3.20. The summed E-state index contributed by atoms with van der Waals surface area (Å²) in [6.07, 6.45) is 2.29. The van der Waals surface area contributed by atoms with Crippen molar-refractivity contribution in [1.82, 2.24) is 14.9 Å². The van der Waals surface area contributed by atoms with Gasteiger partial charge in [0.1, 0.15) is 11.8 Å². The molecule has 2 amide bonds. The molecule has 1 heterocycles. The first-order chi connectivity index (χ1) is 13.1. The van der Waals surface area contributed by atoms with E-state index in [0.29, 0.717) is 37.2 Å². The van der Waals surface area contributed by atoms with Gasteiger partial charge in [-0.2, -0.15) is 0 Å². The van der Waals surface area contributed by atoms with Crippen LogP contribution < -0.4 is 15.4 Å². The van der Waals surface area contributed by atoms with E-state index in [2.05, 4.69) is 10.6 Å². The Morgan fingerprint density at radius 2 is 1.71 bits per heavy atom. The van der Waals surface area contributed by atoms with E-state index < -0.39 is 16.1 Å². The van der Waals surface area contributed by atoms with Crippen LogP contribution in [0, 0.1) is 5.92 Å². The number of rotatable bonds is 7. The maximum atomic E-state index is 12.7. The second kappa shape index (κ2) is 9.38. The molecule has 0 spiro atoms. The van der Waals surface area contributed by atoms with Gasteiger partial charge in [0.25, 0.3) is 5.91 Å². The average Bonchev–Trinajstić information content (AvgIpc) is 2.65. The number of nitrogens with one attached hydrogen (secondary N) is 2. The monoisotopic (exact) mass is 411 g/mol. The van der Waals surface area contributed by atoms with Gasteiger partial charge in [-0.1, -0.05) is 13.8 Å². The summed E-state index contributed by atoms with van der Waals surface area (Å²) in [6, 6.07) is 5.88. The molecule has 0 bridgehead atoms. The smallest absolute Gasteiger partial charge is 0.251 e. The number of hydrogen-bond acceptors (Lipinski definition) is 5. The maximum Gasteiger partial charge on any atom is 0.251 e. The molecule has 1 saturated heterocycles. The molecular formula is C19H29N3O5S. The Morgan fingerprint density at radius 1 is 1.14 bits per heavy atom. The molecule has 1 aliphatic rings. The highest BCUT2D eigenvalue weighted by Crippen LogP contribution is 2.15. The quantitative estimate of drug-likeness (QED) is 0.696. The van der Waals surface area contributed by atoms with Crippen molar-refractivity contribution in [2.45, 2.75) is 38.8 Å². The molecule has 1 fully saturated rings. The summed E-state index contributed by atoms with van der Waals surface area (Å²) in [6.45, 7) is 4.50. The second-order valence-electron chi connectivity index (χ2n) is 7.37. The van der Waals surface area contributed by atoms with Gasteiger partial charge < -0.3 is 15.4 Å². The molecular weight excluding hydrogens is 382 g/mol. The summed E-state index contributed by atoms with van der Waals surface area (Å²) < 4.78 is 29.7. The molecule has 1 unspecified atom stereocenters. The molecule has 1 aliphatic heterocycles. The van der Waals surface area contributed by atoms with Crippen LogP contribution in [0.2, 0.25) is 0 Å². The first kappa shape index (κ1) is 22.2. The second-order valence-corrected chi connectivity index (χ2v) is 9.35. The molecule has 0 saturated carbocycles. The van der Waals surface area contributed by atoms with Gasteiger partial charge in [0.2, 0.25) is 15.9 Å². The number of benzene rings is 1. The zero-order chi connectivity index (χ0) is 20.9. The van der Waals surface area contributed by atoms with Crippen molar-refractivity contribution in [3.05, 3.63) is 29.8 Å². The number of carbonyl (C=O) groups is 2. The summed E-state index contributed by atoms with van der Waals surface area (Å²) >= 11 is 0. The van der Waals surface area contributed by atoms with Crippen LogP contribution in [0.3, 0.4) is 0 Å². The highest BCUT2D eigenvalue weighted by Gasteiger charge is 2.30. The lowest BCUT2D eigenvalue weighted by molar-refractivity contribution is -0.124. The van der Waals surface area contributed by atoms with Crippen LogP contribution in [0.5, 0.6) is 5.75 Å². The molecule has 8 nitrogen and oxygen atoms in total. The third kappa shape index (κ3) is 5.93. The molecule has 1 atom stereocenters. The third-order valence-corrected chi connectivity index (χ3v) is 6.16. The van der Waals surface area contributed by atoms with Gasteiger partial charge in [-0.25, -0.2) is 12.7 Å². The van der Waals surface area contributed by atoms with Crippen molar-refractivity contribution in [2.75, 3.05) is 26.5 Å². The van der Waals surface area contributed by atoms with Crippen molar-refractivity contribution >= 4 is 21.8 Å². The lowest BCUT2D eigenvalue weighted by Gasteiger charge is -2.32. The van der Waals surface area contributed by atoms with Gasteiger partial charge in [-0.3, -0.25) is 9.59 Å². The van der Waals surface area contributed by atoms with Crippen LogP contribution in [-0.4, -0.2) is 63.1 Å². The molecule has 9 heteroatoms. The summed E-state index contributed by atoms with van der Waals surface area (Å²) in [5, 5.41) is 5.75. The molecule has 1 aromatic carbocycles. The van der Waals surface area contributed by atoms with Gasteiger partial charge in [0.05, 0.1) is 13.4 Å². The fourth-order valence-electron chi connectivity index (χ4n) is 3.12. The lowest BCUT2D eigenvalue weighted by Crippen LogP contribution is -2.54. The fourth-order valence-corrected chi connectivity index (χ4v) is 4.00. The Morgan fingerprint density at radius 3 is 2.18 bits per heavy atom. The summed E-state index contributed by atoms with van der Waals surface area (Å²) in [7, 11) is -1.65. The Kier molecular flexibility index (Phi) is 7.42. The first-order valence-corrected chi connectivity index (χ1v) is 11.2. The summed E-state index contributed by atoms with van der Waals surface area (Å²) in [4.78, 5) is 25.2. The number of methoxy groups -OCH3 is 1. The van der Waals surface area contributed by atoms with E-state index in [1.165, 1.54) is 10.6 Å². The van der Waals surface area contributed by atoms with Crippen LogP contribution in [0.25, 0.3) is 0 Å². The summed E-state index contributed by atoms with van der Waals surface area (Å²) in [5.41, 5.74) is 0.445. The number of hydrogen-bond donors (Lipinski definition) is 2. The SMILES string of the molecule is COc1ccc(C(=O)NC(C(=O)NC2CCN(S(C)(=O)=O)CC2)C(C)C)cc1. The van der Waals surface area contributed by atoms with Crippen LogP contribution in [0.4, 0.5) is 0 Å². The van der Waals surface area contributed by atoms with Crippen molar-refractivity contribution in [1.29, 1.82) is 0 Å². The van der Waals surface area contributed by atoms with Gasteiger partial charge in [-0.15, -0.1) is 0 Å². The van der Waals surface area contributed by atoms with E-state index in [4.69, 9.17) is 4.74 Å². The van der Waals surface area contributed by atoms with Crippen LogP contribution in [0.1, 0.15) is 37.0 Å². The molecule has 0 aromatic heterocycles. The van der Waals surface area contributed by atoms with E-state index in [-0.39, 0.29) is 23.8 Å². The predicted molar refractivity (Wildman–Crippen MR) is 107 cm³/mol. The molecule has 156 valence electrons. The largest absolute Gasteiger partial charge is 0.497 e. The van der Waals surface area contributed by atoms with Crippen molar-refractivity contribution in [2.24, 2.45) is 5.92 Å². The van der Waals surface area contributed by atoms with Crippen LogP contribution >= 0.6 is 0 Å². The zero-order valence-corrected chi connectivity index (χ0v) is 17.6. The predicted octanol–water partition coefficient (Wildman–Crippen LogP) is 0.990. The standard InChI is InChI=1S/C19H29N3O5S/c1-13(2)17(21-18(23)14-5-7-16(27-3)8-6-14)19(24)20-15-9-11-22(12-10-15)28(4,25)26/h5-8,13,15,17H,9-12H2,1-4H3,(H,20,24)(H,21,23). The molecule has 2 N–H and O–H groups in total. The molecule has 0 aliphatic carbocycles. The molecule has 2 rings (SSSR count). The minimum Gasteiger partial charge on any atom is -0.497 e. The van der Waals surface area contributed by atoms with Crippen molar-refractivity contribution in [3.8, 4) is 5.75 Å². The average molecular weight is 412 g/mol. The van der Waals surface area contributed by atoms with E-state index in [9.17, 15) is 18.0 Å². The van der Waals surface area contributed by atoms with E-state index in [1.807, 2.05) is 13.8 Å². The fraction of sp³-hybridized carbons (Fsp3) is 0.579. The number of amides is 2. The van der Waals surface area contributed by atoms with Crippen LogP contribution in [-0.2, 0) is 14.8 Å². The Bertz CT molecular complexity index is 784. The number of ether oxygens (including phenoxy) is 1. The number of sulfonamides is 1. The van der Waals surface area contributed by atoms with E-state index >= 15 is 0 Å². The van der Waals surface area contributed by atoms with Gasteiger partial charge >= 0.3 is 0 Å². The Balaban J connectivity index is 1.95. The lowest BCUT2D eigenvalue weighted by atomic mass is 10.0.